The van der Waals surface area contributed by atoms with Gasteiger partial charge < -0.3 is 37.9 Å². The molecule has 4 saturated heterocycles. The molecule has 0 bridgehead atoms. The molecule has 4 aliphatic heterocycles. The van der Waals surface area contributed by atoms with Gasteiger partial charge in [-0.3, -0.25) is 38.4 Å². The van der Waals surface area contributed by atoms with Crippen LogP contribution in [0.2, 0.25) is 0 Å². The van der Waals surface area contributed by atoms with E-state index in [2.05, 4.69) is 0 Å². The van der Waals surface area contributed by atoms with Gasteiger partial charge in [-0.2, -0.15) is 0 Å². The average Bonchev–Trinajstić information content (AvgIpc) is 4.09. The largest absolute Gasteiger partial charge is 0.458 e. The summed E-state index contributed by atoms with van der Waals surface area (Å²) in [6.45, 7) is -2.37. The van der Waals surface area contributed by atoms with Crippen molar-refractivity contribution in [2.75, 3.05) is 26.4 Å². The molecule has 16 nitrogen and oxygen atoms in total. The minimum atomic E-state index is -1.72. The Morgan fingerprint density at radius 1 is 0.359 bits per heavy atom. The molecule has 0 aromatic rings. The highest BCUT2D eigenvalue weighted by molar-refractivity contribution is 5.92. The Morgan fingerprint density at radius 3 is 0.891 bits per heavy atom. The SMILES string of the molecule is O=C(CCC1CCC2OC2C1)COC(=O)CC(C(=O)OCC(=O)CCC1CCC2OC2C1)C(CC(=O)OCC(=O)CCC1CCC2OC2C1)C(=O)OCC(=O)CCC1CCC2OC2C1. The molecule has 8 fully saturated rings. The fourth-order valence-electron chi connectivity index (χ4n) is 10.8. The lowest BCUT2D eigenvalue weighted by Crippen LogP contribution is -2.38. The first-order valence-electron chi connectivity index (χ1n) is 24.3. The summed E-state index contributed by atoms with van der Waals surface area (Å²) in [5.41, 5.74) is 0. The van der Waals surface area contributed by atoms with Crippen LogP contribution in [0.1, 0.15) is 141 Å². The van der Waals surface area contributed by atoms with Gasteiger partial charge in [0, 0.05) is 25.7 Å². The maximum Gasteiger partial charge on any atom is 0.310 e. The molecule has 8 aliphatic rings. The number of fused-ring (bicyclic) bond motifs is 4. The van der Waals surface area contributed by atoms with E-state index in [0.29, 0.717) is 73.8 Å². The average molecular weight is 899 g/mol. The third-order valence-electron chi connectivity index (χ3n) is 15.2. The molecule has 8 rings (SSSR count). The molecule has 0 aromatic carbocycles. The van der Waals surface area contributed by atoms with Crippen LogP contribution >= 0.6 is 0 Å². The molecule has 354 valence electrons. The molecule has 4 aliphatic carbocycles. The van der Waals surface area contributed by atoms with Crippen molar-refractivity contribution in [3.63, 3.8) is 0 Å². The van der Waals surface area contributed by atoms with Gasteiger partial charge in [-0.15, -0.1) is 0 Å². The maximum absolute atomic E-state index is 13.9. The summed E-state index contributed by atoms with van der Waals surface area (Å²) in [6.07, 6.45) is 15.1. The number of rotatable bonds is 27. The lowest BCUT2D eigenvalue weighted by molar-refractivity contribution is -0.169. The van der Waals surface area contributed by atoms with E-state index < -0.39 is 75.0 Å². The number of carbonyl (C=O) groups is 8. The van der Waals surface area contributed by atoms with Gasteiger partial charge in [-0.25, -0.2) is 0 Å². The van der Waals surface area contributed by atoms with Crippen LogP contribution in [0.5, 0.6) is 0 Å². The fourth-order valence-corrected chi connectivity index (χ4v) is 10.8. The van der Waals surface area contributed by atoms with Gasteiger partial charge in [0.1, 0.15) is 26.4 Å². The zero-order valence-corrected chi connectivity index (χ0v) is 37.0. The first-order chi connectivity index (χ1) is 30.9. The molecule has 14 unspecified atom stereocenters. The van der Waals surface area contributed by atoms with Crippen molar-refractivity contribution in [3.8, 4) is 0 Å². The van der Waals surface area contributed by atoms with E-state index in [4.69, 9.17) is 37.9 Å². The van der Waals surface area contributed by atoms with Crippen LogP contribution in [-0.2, 0) is 76.3 Å². The summed E-state index contributed by atoms with van der Waals surface area (Å²) in [4.78, 5) is 106. The van der Waals surface area contributed by atoms with Crippen molar-refractivity contribution in [3.05, 3.63) is 0 Å². The second-order valence-electron chi connectivity index (χ2n) is 20.0. The van der Waals surface area contributed by atoms with E-state index in [-0.39, 0.29) is 73.2 Å². The van der Waals surface area contributed by atoms with Gasteiger partial charge in [0.05, 0.1) is 73.5 Å². The Labute approximate surface area is 374 Å². The van der Waals surface area contributed by atoms with Crippen molar-refractivity contribution in [2.45, 2.75) is 190 Å². The molecule has 64 heavy (non-hydrogen) atoms. The zero-order valence-electron chi connectivity index (χ0n) is 37.0. The summed E-state index contributed by atoms with van der Waals surface area (Å²) >= 11 is 0. The number of ketones is 4. The minimum Gasteiger partial charge on any atom is -0.458 e. The lowest BCUT2D eigenvalue weighted by atomic mass is 9.85. The van der Waals surface area contributed by atoms with Gasteiger partial charge in [0.2, 0.25) is 0 Å². The number of epoxide rings is 4. The predicted octanol–water partition coefficient (Wildman–Crippen LogP) is 4.84. The molecule has 0 amide bonds. The van der Waals surface area contributed by atoms with Gasteiger partial charge in [0.15, 0.2) is 23.1 Å². The van der Waals surface area contributed by atoms with Crippen molar-refractivity contribution in [1.29, 1.82) is 0 Å². The third-order valence-corrected chi connectivity index (χ3v) is 15.2. The van der Waals surface area contributed by atoms with Gasteiger partial charge in [-0.05, 0) is 126 Å². The molecular weight excluding hydrogens is 833 g/mol. The Hall–Kier alpha value is -3.60. The molecule has 0 radical (unpaired) electrons. The summed E-state index contributed by atoms with van der Waals surface area (Å²) in [7, 11) is 0. The molecule has 4 saturated carbocycles. The van der Waals surface area contributed by atoms with E-state index in [0.717, 1.165) is 77.0 Å². The Balaban J connectivity index is 0.875. The van der Waals surface area contributed by atoms with Gasteiger partial charge in [-0.1, -0.05) is 0 Å². The molecule has 0 N–H and O–H groups in total. The van der Waals surface area contributed by atoms with Crippen LogP contribution in [0.4, 0.5) is 0 Å². The van der Waals surface area contributed by atoms with Crippen LogP contribution in [0.3, 0.4) is 0 Å². The molecule has 0 spiro atoms. The molecular formula is C48H66O16. The van der Waals surface area contributed by atoms with Crippen molar-refractivity contribution < 1.29 is 76.3 Å². The number of hydrogen-bond donors (Lipinski definition) is 0. The van der Waals surface area contributed by atoms with Gasteiger partial charge >= 0.3 is 23.9 Å². The van der Waals surface area contributed by atoms with Crippen molar-refractivity contribution in [2.24, 2.45) is 35.5 Å². The van der Waals surface area contributed by atoms with Crippen LogP contribution in [-0.4, -0.2) is 122 Å². The molecule has 4 heterocycles. The Bertz CT molecular complexity index is 1620. The maximum atomic E-state index is 13.9. The highest BCUT2D eigenvalue weighted by Crippen LogP contribution is 2.44. The molecule has 14 atom stereocenters. The first-order valence-corrected chi connectivity index (χ1v) is 24.3. The smallest absolute Gasteiger partial charge is 0.310 e. The topological polar surface area (TPSA) is 224 Å². The minimum absolute atomic E-state index is 0.151. The van der Waals surface area contributed by atoms with Crippen LogP contribution in [0.15, 0.2) is 0 Å². The van der Waals surface area contributed by atoms with Crippen LogP contribution in [0.25, 0.3) is 0 Å². The van der Waals surface area contributed by atoms with Crippen LogP contribution < -0.4 is 0 Å². The first kappa shape index (κ1) is 46.9. The Morgan fingerprint density at radius 2 is 0.625 bits per heavy atom. The highest BCUT2D eigenvalue weighted by Gasteiger charge is 2.47. The second kappa shape index (κ2) is 21.8. The summed E-state index contributed by atoms with van der Waals surface area (Å²) in [5, 5.41) is 0. The Kier molecular flexibility index (Phi) is 16.0. The number of esters is 4. The van der Waals surface area contributed by atoms with Gasteiger partial charge in [0.25, 0.3) is 0 Å². The molecule has 16 heteroatoms. The quantitative estimate of drug-likeness (QED) is 0.0611. The van der Waals surface area contributed by atoms with E-state index in [1.165, 1.54) is 0 Å². The summed E-state index contributed by atoms with van der Waals surface area (Å²) in [6, 6.07) is 0. The summed E-state index contributed by atoms with van der Waals surface area (Å²) < 4.78 is 43.9. The van der Waals surface area contributed by atoms with Crippen molar-refractivity contribution >= 4 is 47.0 Å². The standard InChI is InChI=1S/C48H66O16/c49-31(9-1-27-5-13-37-41(17-27)61-37)23-57-45(53)21-35(47(55)59-25-33(51)11-3-29-7-15-39-43(19-29)63-39)36(48(56)60-26-34(52)12-4-30-8-16-40-44(20-30)64-40)22-46(54)58-24-32(50)10-2-28-6-14-38-42(18-28)62-38/h27-30,35-44H,1-26H2. The number of ether oxygens (including phenoxy) is 8. The third kappa shape index (κ3) is 14.2. The van der Waals surface area contributed by atoms with E-state index >= 15 is 0 Å². The summed E-state index contributed by atoms with van der Waals surface area (Å²) in [5.74, 6) is -7.76. The van der Waals surface area contributed by atoms with Crippen LogP contribution in [0, 0.1) is 35.5 Å². The molecule has 0 aromatic heterocycles. The number of Topliss-reactive ketones (excluding diaryl/α,β-unsaturated/α-hetero) is 4. The number of hydrogen-bond acceptors (Lipinski definition) is 16. The van der Waals surface area contributed by atoms with E-state index in [9.17, 15) is 38.4 Å². The van der Waals surface area contributed by atoms with E-state index in [1.807, 2.05) is 0 Å². The fraction of sp³-hybridized carbons (Fsp3) is 0.833. The number of carbonyl (C=O) groups excluding carboxylic acids is 8. The zero-order chi connectivity index (χ0) is 44.7. The van der Waals surface area contributed by atoms with E-state index in [1.54, 1.807) is 0 Å². The lowest BCUT2D eigenvalue weighted by Gasteiger charge is -2.24. The van der Waals surface area contributed by atoms with Crippen molar-refractivity contribution in [1.82, 2.24) is 0 Å². The predicted molar refractivity (Wildman–Crippen MR) is 221 cm³/mol. The highest BCUT2D eigenvalue weighted by atomic mass is 16.6. The second-order valence-corrected chi connectivity index (χ2v) is 20.0. The normalized spacial score (nSPS) is 33.6. The monoisotopic (exact) mass is 898 g/mol.